The molecule has 4 nitrogen and oxygen atoms in total. The van der Waals surface area contributed by atoms with Crippen molar-refractivity contribution in [1.82, 2.24) is 4.90 Å². The van der Waals surface area contributed by atoms with Crippen molar-refractivity contribution in [3.05, 3.63) is 23.8 Å². The van der Waals surface area contributed by atoms with E-state index in [-0.39, 0.29) is 6.04 Å². The molecule has 0 bridgehead atoms. The summed E-state index contributed by atoms with van der Waals surface area (Å²) in [6.07, 6.45) is 5.84. The van der Waals surface area contributed by atoms with E-state index >= 15 is 0 Å². The Morgan fingerprint density at radius 1 is 1.09 bits per heavy atom. The molecule has 0 amide bonds. The van der Waals surface area contributed by atoms with Gasteiger partial charge in [0.05, 0.1) is 13.7 Å². The van der Waals surface area contributed by atoms with Gasteiger partial charge in [-0.05, 0) is 44.1 Å². The Kier molecular flexibility index (Phi) is 9.72. The van der Waals surface area contributed by atoms with Gasteiger partial charge in [0.15, 0.2) is 11.5 Å². The molecule has 0 radical (unpaired) electrons. The monoisotopic (exact) mass is 322 g/mol. The van der Waals surface area contributed by atoms with Gasteiger partial charge in [-0.1, -0.05) is 39.2 Å². The van der Waals surface area contributed by atoms with E-state index in [0.717, 1.165) is 31.1 Å². The molecule has 0 aliphatic rings. The molecule has 23 heavy (non-hydrogen) atoms. The van der Waals surface area contributed by atoms with Crippen molar-refractivity contribution in [3.63, 3.8) is 0 Å². The van der Waals surface area contributed by atoms with Crippen LogP contribution in [0.4, 0.5) is 0 Å². The minimum Gasteiger partial charge on any atom is -0.493 e. The Hall–Kier alpha value is -1.26. The van der Waals surface area contributed by atoms with Crippen LogP contribution in [-0.2, 0) is 0 Å². The van der Waals surface area contributed by atoms with Crippen LogP contribution in [0.2, 0.25) is 0 Å². The zero-order chi connectivity index (χ0) is 17.1. The van der Waals surface area contributed by atoms with Crippen LogP contribution in [0.5, 0.6) is 11.5 Å². The number of benzene rings is 1. The topological polar surface area (TPSA) is 47.7 Å². The van der Waals surface area contributed by atoms with Gasteiger partial charge in [-0.2, -0.15) is 0 Å². The zero-order valence-electron chi connectivity index (χ0n) is 15.3. The first-order valence-electron chi connectivity index (χ1n) is 8.88. The molecule has 1 aromatic carbocycles. The molecule has 0 heterocycles. The average Bonchev–Trinajstić information content (AvgIpc) is 2.58. The van der Waals surface area contributed by atoms with Gasteiger partial charge >= 0.3 is 0 Å². The molecule has 0 aromatic heterocycles. The average molecular weight is 322 g/mol. The maximum absolute atomic E-state index is 6.01. The maximum atomic E-state index is 6.01. The lowest BCUT2D eigenvalue weighted by atomic mass is 10.0. The molecule has 0 saturated carbocycles. The van der Waals surface area contributed by atoms with Crippen molar-refractivity contribution in [2.75, 3.05) is 33.9 Å². The second kappa shape index (κ2) is 11.3. The zero-order valence-corrected chi connectivity index (χ0v) is 15.3. The fraction of sp³-hybridized carbons (Fsp3) is 0.684. The van der Waals surface area contributed by atoms with Crippen LogP contribution in [0.1, 0.15) is 57.6 Å². The Labute approximate surface area is 142 Å². The number of unbranched alkanes of at least 4 members (excludes halogenated alkanes) is 3. The predicted molar refractivity (Wildman–Crippen MR) is 97.3 cm³/mol. The smallest absolute Gasteiger partial charge is 0.161 e. The third kappa shape index (κ3) is 6.40. The highest BCUT2D eigenvalue weighted by molar-refractivity contribution is 5.44. The van der Waals surface area contributed by atoms with E-state index in [0.29, 0.717) is 6.54 Å². The third-order valence-electron chi connectivity index (χ3n) is 4.20. The molecule has 1 rings (SSSR count). The number of hydrogen-bond donors (Lipinski definition) is 1. The lowest BCUT2D eigenvalue weighted by Gasteiger charge is -2.27. The first kappa shape index (κ1) is 19.8. The summed E-state index contributed by atoms with van der Waals surface area (Å²) >= 11 is 0. The number of nitrogens with zero attached hydrogens (tertiary/aromatic N) is 1. The summed E-state index contributed by atoms with van der Waals surface area (Å²) < 4.78 is 11.4. The molecule has 0 fully saturated rings. The summed E-state index contributed by atoms with van der Waals surface area (Å²) in [4.78, 5) is 2.32. The standard InChI is InChI=1S/C19H34N2O2/c1-5-7-9-13-23-18-11-10-16(14-19(18)22-4)17(15-20)21(3)12-8-6-2/h10-11,14,17H,5-9,12-13,15,20H2,1-4H3. The Balaban J connectivity index is 2.79. The van der Waals surface area contributed by atoms with Gasteiger partial charge in [0.2, 0.25) is 0 Å². The van der Waals surface area contributed by atoms with Crippen LogP contribution < -0.4 is 15.2 Å². The van der Waals surface area contributed by atoms with E-state index < -0.39 is 0 Å². The van der Waals surface area contributed by atoms with Gasteiger partial charge in [0.25, 0.3) is 0 Å². The van der Waals surface area contributed by atoms with E-state index in [1.807, 2.05) is 6.07 Å². The fourth-order valence-electron chi connectivity index (χ4n) is 2.68. The number of hydrogen-bond acceptors (Lipinski definition) is 4. The van der Waals surface area contributed by atoms with E-state index in [2.05, 4.69) is 37.9 Å². The number of nitrogens with two attached hydrogens (primary N) is 1. The normalized spacial score (nSPS) is 12.4. The van der Waals surface area contributed by atoms with E-state index in [4.69, 9.17) is 15.2 Å². The Bertz CT molecular complexity index is 437. The van der Waals surface area contributed by atoms with Gasteiger partial charge in [-0.15, -0.1) is 0 Å². The SMILES string of the molecule is CCCCCOc1ccc(C(CN)N(C)CCCC)cc1OC. The molecule has 0 spiro atoms. The molecular weight excluding hydrogens is 288 g/mol. The highest BCUT2D eigenvalue weighted by Crippen LogP contribution is 2.31. The van der Waals surface area contributed by atoms with Crippen molar-refractivity contribution in [3.8, 4) is 11.5 Å². The molecule has 2 N–H and O–H groups in total. The largest absolute Gasteiger partial charge is 0.493 e. The summed E-state index contributed by atoms with van der Waals surface area (Å²) in [6.45, 7) is 6.78. The van der Waals surface area contributed by atoms with Crippen LogP contribution in [0.3, 0.4) is 0 Å². The van der Waals surface area contributed by atoms with Crippen LogP contribution in [0, 0.1) is 0 Å². The Morgan fingerprint density at radius 3 is 2.43 bits per heavy atom. The molecule has 1 unspecified atom stereocenters. The molecule has 0 saturated heterocycles. The fourth-order valence-corrected chi connectivity index (χ4v) is 2.68. The van der Waals surface area contributed by atoms with Crippen molar-refractivity contribution in [1.29, 1.82) is 0 Å². The van der Waals surface area contributed by atoms with Crippen molar-refractivity contribution >= 4 is 0 Å². The quantitative estimate of drug-likeness (QED) is 0.591. The van der Waals surface area contributed by atoms with Crippen LogP contribution in [0.15, 0.2) is 18.2 Å². The number of methoxy groups -OCH3 is 1. The minimum absolute atomic E-state index is 0.213. The lowest BCUT2D eigenvalue weighted by Crippen LogP contribution is -2.31. The number of likely N-dealkylation sites (N-methyl/N-ethyl adjacent to an activating group) is 1. The molecule has 1 atom stereocenters. The predicted octanol–water partition coefficient (Wildman–Crippen LogP) is 4.00. The second-order valence-corrected chi connectivity index (χ2v) is 6.05. The van der Waals surface area contributed by atoms with Crippen LogP contribution >= 0.6 is 0 Å². The second-order valence-electron chi connectivity index (χ2n) is 6.05. The van der Waals surface area contributed by atoms with Gasteiger partial charge in [0.1, 0.15) is 0 Å². The van der Waals surface area contributed by atoms with Crippen LogP contribution in [0.25, 0.3) is 0 Å². The number of rotatable bonds is 12. The first-order valence-corrected chi connectivity index (χ1v) is 8.88. The Morgan fingerprint density at radius 2 is 1.83 bits per heavy atom. The van der Waals surface area contributed by atoms with Gasteiger partial charge in [-0.3, -0.25) is 4.90 Å². The maximum Gasteiger partial charge on any atom is 0.161 e. The summed E-state index contributed by atoms with van der Waals surface area (Å²) in [6, 6.07) is 6.40. The molecule has 4 heteroatoms. The molecular formula is C19H34N2O2. The van der Waals surface area contributed by atoms with E-state index in [9.17, 15) is 0 Å². The molecule has 132 valence electrons. The molecule has 1 aromatic rings. The van der Waals surface area contributed by atoms with Crippen molar-refractivity contribution in [2.24, 2.45) is 5.73 Å². The minimum atomic E-state index is 0.213. The molecule has 0 aliphatic carbocycles. The summed E-state index contributed by atoms with van der Waals surface area (Å²) in [7, 11) is 3.82. The molecule has 0 aliphatic heterocycles. The van der Waals surface area contributed by atoms with Crippen LogP contribution in [-0.4, -0.2) is 38.8 Å². The third-order valence-corrected chi connectivity index (χ3v) is 4.20. The van der Waals surface area contributed by atoms with E-state index in [1.165, 1.54) is 31.2 Å². The van der Waals surface area contributed by atoms with Gasteiger partial charge in [-0.25, -0.2) is 0 Å². The van der Waals surface area contributed by atoms with Gasteiger partial charge < -0.3 is 15.2 Å². The summed E-state index contributed by atoms with van der Waals surface area (Å²) in [5.74, 6) is 1.61. The highest BCUT2D eigenvalue weighted by atomic mass is 16.5. The van der Waals surface area contributed by atoms with Crippen molar-refractivity contribution < 1.29 is 9.47 Å². The summed E-state index contributed by atoms with van der Waals surface area (Å²) in [5.41, 5.74) is 7.19. The van der Waals surface area contributed by atoms with Gasteiger partial charge in [0, 0.05) is 12.6 Å². The van der Waals surface area contributed by atoms with E-state index in [1.54, 1.807) is 7.11 Å². The van der Waals surface area contributed by atoms with Crippen molar-refractivity contribution in [2.45, 2.75) is 52.0 Å². The first-order chi connectivity index (χ1) is 11.2. The highest BCUT2D eigenvalue weighted by Gasteiger charge is 2.17. The lowest BCUT2D eigenvalue weighted by molar-refractivity contribution is 0.245. The summed E-state index contributed by atoms with van der Waals surface area (Å²) in [5, 5.41) is 0. The number of ether oxygens (including phenoxy) is 2.